The van der Waals surface area contributed by atoms with Gasteiger partial charge in [0.15, 0.2) is 0 Å². The van der Waals surface area contributed by atoms with Crippen molar-refractivity contribution in [3.05, 3.63) is 6.42 Å². The minimum atomic E-state index is -0.679. The molecule has 0 aromatic rings. The van der Waals surface area contributed by atoms with Gasteiger partial charge >= 0.3 is 5.97 Å². The van der Waals surface area contributed by atoms with E-state index in [1.165, 1.54) is 32.1 Å². The number of carboxylic acid groups (broad SMARTS) is 1. The van der Waals surface area contributed by atoms with Gasteiger partial charge in [-0.1, -0.05) is 45.4 Å². The van der Waals surface area contributed by atoms with E-state index in [0.717, 1.165) is 19.3 Å². The summed E-state index contributed by atoms with van der Waals surface area (Å²) in [5.74, 6) is -0.679. The van der Waals surface area contributed by atoms with Gasteiger partial charge in [0.25, 0.3) is 0 Å². The molecule has 0 bridgehead atoms. The van der Waals surface area contributed by atoms with Gasteiger partial charge in [0.05, 0.1) is 0 Å². The Morgan fingerprint density at radius 3 is 2.36 bits per heavy atom. The molecule has 1 N–H and O–H groups in total. The summed E-state index contributed by atoms with van der Waals surface area (Å²) in [5.41, 5.74) is 0. The molecule has 0 aliphatic rings. The lowest BCUT2D eigenvalue weighted by Crippen LogP contribution is -1.93. The van der Waals surface area contributed by atoms with Crippen LogP contribution in [0.2, 0.25) is 0 Å². The molecule has 14 heavy (non-hydrogen) atoms. The third kappa shape index (κ3) is 11.5. The molecule has 0 unspecified atom stereocenters. The van der Waals surface area contributed by atoms with E-state index >= 15 is 0 Å². The Kier molecular flexibility index (Phi) is 10.2. The predicted octanol–water partition coefficient (Wildman–Crippen LogP) is 3.81. The van der Waals surface area contributed by atoms with Crippen LogP contribution in [0, 0.1) is 6.42 Å². The zero-order valence-corrected chi connectivity index (χ0v) is 9.30. The first-order valence-electron chi connectivity index (χ1n) is 5.80. The van der Waals surface area contributed by atoms with E-state index in [2.05, 4.69) is 13.3 Å². The van der Waals surface area contributed by atoms with E-state index in [-0.39, 0.29) is 0 Å². The van der Waals surface area contributed by atoms with Crippen LogP contribution in [-0.2, 0) is 4.79 Å². The molecule has 0 aliphatic heterocycles. The monoisotopic (exact) mass is 199 g/mol. The molecule has 1 radical (unpaired) electrons. The molecule has 0 aromatic heterocycles. The third-order valence-electron chi connectivity index (χ3n) is 2.31. The lowest BCUT2D eigenvalue weighted by atomic mass is 10.1. The summed E-state index contributed by atoms with van der Waals surface area (Å²) < 4.78 is 0. The van der Waals surface area contributed by atoms with Crippen molar-refractivity contribution in [2.24, 2.45) is 0 Å². The molecule has 0 aromatic carbocycles. The second-order valence-corrected chi connectivity index (χ2v) is 3.78. The molecule has 0 atom stereocenters. The minimum Gasteiger partial charge on any atom is -0.481 e. The van der Waals surface area contributed by atoms with Crippen LogP contribution in [-0.4, -0.2) is 11.1 Å². The van der Waals surface area contributed by atoms with Crippen molar-refractivity contribution >= 4 is 5.97 Å². The average molecular weight is 199 g/mol. The van der Waals surface area contributed by atoms with Gasteiger partial charge in [0, 0.05) is 6.42 Å². The van der Waals surface area contributed by atoms with E-state index < -0.39 is 5.97 Å². The lowest BCUT2D eigenvalue weighted by molar-refractivity contribution is -0.137. The van der Waals surface area contributed by atoms with Crippen molar-refractivity contribution in [2.75, 3.05) is 0 Å². The van der Waals surface area contributed by atoms with E-state index in [4.69, 9.17) is 5.11 Å². The van der Waals surface area contributed by atoms with Gasteiger partial charge in [-0.05, 0) is 19.3 Å². The van der Waals surface area contributed by atoms with Crippen LogP contribution in [0.15, 0.2) is 0 Å². The summed E-state index contributed by atoms with van der Waals surface area (Å²) in [5, 5.41) is 8.40. The molecule has 0 fully saturated rings. The quantitative estimate of drug-likeness (QED) is 0.543. The van der Waals surface area contributed by atoms with Crippen molar-refractivity contribution in [1.29, 1.82) is 0 Å². The van der Waals surface area contributed by atoms with E-state index in [1.54, 1.807) is 0 Å². The Bertz CT molecular complexity index is 132. The molecule has 0 heterocycles. The van der Waals surface area contributed by atoms with E-state index in [9.17, 15) is 4.79 Å². The third-order valence-corrected chi connectivity index (χ3v) is 2.31. The maximum absolute atomic E-state index is 10.2. The zero-order valence-electron chi connectivity index (χ0n) is 9.30. The Hall–Kier alpha value is -0.530. The first kappa shape index (κ1) is 13.5. The summed E-state index contributed by atoms with van der Waals surface area (Å²) in [6.45, 7) is 2.22. The number of unbranched alkanes of at least 4 members (excludes halogenated alkanes) is 8. The largest absolute Gasteiger partial charge is 0.481 e. The summed E-state index contributed by atoms with van der Waals surface area (Å²) in [4.78, 5) is 10.2. The van der Waals surface area contributed by atoms with Gasteiger partial charge < -0.3 is 5.11 Å². The number of hydrogen-bond acceptors (Lipinski definition) is 1. The highest BCUT2D eigenvalue weighted by Gasteiger charge is 1.96. The lowest BCUT2D eigenvalue weighted by Gasteiger charge is -2.00. The number of rotatable bonds is 10. The smallest absolute Gasteiger partial charge is 0.303 e. The van der Waals surface area contributed by atoms with Crippen LogP contribution < -0.4 is 0 Å². The number of hydrogen-bond donors (Lipinski definition) is 1. The minimum absolute atomic E-state index is 0.312. The molecular formula is C12H23O2. The maximum Gasteiger partial charge on any atom is 0.303 e. The molecule has 0 spiro atoms. The highest BCUT2D eigenvalue weighted by Crippen LogP contribution is 2.09. The molecule has 0 saturated carbocycles. The fourth-order valence-electron chi connectivity index (χ4n) is 1.43. The summed E-state index contributed by atoms with van der Waals surface area (Å²) in [7, 11) is 0. The highest BCUT2D eigenvalue weighted by atomic mass is 16.4. The predicted molar refractivity (Wildman–Crippen MR) is 59.2 cm³/mol. The Balaban J connectivity index is 2.88. The number of aliphatic carboxylic acids is 1. The fourth-order valence-corrected chi connectivity index (χ4v) is 1.43. The topological polar surface area (TPSA) is 37.3 Å². The van der Waals surface area contributed by atoms with Gasteiger partial charge in [-0.25, -0.2) is 0 Å². The number of carbonyl (C=O) groups is 1. The molecule has 2 nitrogen and oxygen atoms in total. The van der Waals surface area contributed by atoms with E-state index in [0.29, 0.717) is 6.42 Å². The van der Waals surface area contributed by atoms with Crippen molar-refractivity contribution < 1.29 is 9.90 Å². The average Bonchev–Trinajstić information content (AvgIpc) is 2.15. The first-order valence-corrected chi connectivity index (χ1v) is 5.80. The Labute approximate surface area is 87.7 Å². The van der Waals surface area contributed by atoms with Crippen LogP contribution in [0.1, 0.15) is 64.7 Å². The Morgan fingerprint density at radius 2 is 1.71 bits per heavy atom. The molecular weight excluding hydrogens is 176 g/mol. The van der Waals surface area contributed by atoms with Crippen LogP contribution >= 0.6 is 0 Å². The summed E-state index contributed by atoms with van der Waals surface area (Å²) >= 11 is 0. The number of carboxylic acids is 1. The second-order valence-electron chi connectivity index (χ2n) is 3.78. The van der Waals surface area contributed by atoms with Crippen molar-refractivity contribution in [3.8, 4) is 0 Å². The normalized spacial score (nSPS) is 10.4. The van der Waals surface area contributed by atoms with Gasteiger partial charge in [-0.3, -0.25) is 4.79 Å². The van der Waals surface area contributed by atoms with Gasteiger partial charge in [-0.15, -0.1) is 0 Å². The fraction of sp³-hybridized carbons (Fsp3) is 0.833. The SMILES string of the molecule is CCCCCCC[CH]CCCC(=O)O. The van der Waals surface area contributed by atoms with Crippen LogP contribution in [0.5, 0.6) is 0 Å². The first-order chi connectivity index (χ1) is 6.77. The van der Waals surface area contributed by atoms with Crippen molar-refractivity contribution in [3.63, 3.8) is 0 Å². The molecule has 0 rings (SSSR count). The Morgan fingerprint density at radius 1 is 1.07 bits per heavy atom. The zero-order chi connectivity index (χ0) is 10.6. The second kappa shape index (κ2) is 10.6. The van der Waals surface area contributed by atoms with Crippen LogP contribution in [0.25, 0.3) is 0 Å². The standard InChI is InChI=1S/C12H23O2/c1-2-3-4-5-6-7-8-9-10-11-12(13)14/h8H,2-7,9-11H2,1H3,(H,13,14). The summed E-state index contributed by atoms with van der Waals surface area (Å²) in [6, 6.07) is 0. The van der Waals surface area contributed by atoms with Gasteiger partial charge in [0.1, 0.15) is 0 Å². The highest BCUT2D eigenvalue weighted by molar-refractivity contribution is 5.66. The van der Waals surface area contributed by atoms with Crippen molar-refractivity contribution in [1.82, 2.24) is 0 Å². The van der Waals surface area contributed by atoms with Crippen molar-refractivity contribution in [2.45, 2.75) is 64.7 Å². The maximum atomic E-state index is 10.2. The molecule has 2 heteroatoms. The molecule has 0 aliphatic carbocycles. The van der Waals surface area contributed by atoms with Gasteiger partial charge in [-0.2, -0.15) is 0 Å². The van der Waals surface area contributed by atoms with Crippen LogP contribution in [0.4, 0.5) is 0 Å². The molecule has 0 amide bonds. The molecule has 0 saturated heterocycles. The van der Waals surface area contributed by atoms with Gasteiger partial charge in [0.2, 0.25) is 0 Å². The molecule has 83 valence electrons. The van der Waals surface area contributed by atoms with E-state index in [1.807, 2.05) is 0 Å². The van der Waals surface area contributed by atoms with Crippen LogP contribution in [0.3, 0.4) is 0 Å². The summed E-state index contributed by atoms with van der Waals surface area (Å²) in [6.07, 6.45) is 12.0.